The highest BCUT2D eigenvalue weighted by molar-refractivity contribution is 7.09. The number of carbonyl (C=O) groups is 2. The van der Waals surface area contributed by atoms with Crippen LogP contribution < -0.4 is 0 Å². The minimum atomic E-state index is -0.612. The van der Waals surface area contributed by atoms with Crippen molar-refractivity contribution in [1.29, 1.82) is 0 Å². The lowest BCUT2D eigenvalue weighted by Gasteiger charge is -2.07. The van der Waals surface area contributed by atoms with Gasteiger partial charge in [-0.2, -0.15) is 0 Å². The maximum absolute atomic E-state index is 11.9. The van der Waals surface area contributed by atoms with Crippen molar-refractivity contribution in [1.82, 2.24) is 4.98 Å². The molecule has 6 heteroatoms. The molecule has 0 spiro atoms. The van der Waals surface area contributed by atoms with E-state index in [1.807, 2.05) is 10.8 Å². The molecule has 0 aliphatic carbocycles. The molecule has 0 unspecified atom stereocenters. The van der Waals surface area contributed by atoms with Crippen molar-refractivity contribution in [2.45, 2.75) is 13.8 Å². The second-order valence-electron chi connectivity index (χ2n) is 3.67. The lowest BCUT2D eigenvalue weighted by molar-refractivity contribution is 0.0474. The fourth-order valence-corrected chi connectivity index (χ4v) is 2.34. The van der Waals surface area contributed by atoms with Gasteiger partial charge in [-0.05, 0) is 19.9 Å². The number of nitrogens with zero attached hydrogens (tertiary/aromatic N) is 1. The first-order chi connectivity index (χ1) is 9.17. The molecule has 0 aliphatic rings. The van der Waals surface area contributed by atoms with Crippen LogP contribution in [0.3, 0.4) is 0 Å². The number of hydrogen-bond donors (Lipinski definition) is 0. The first-order valence-corrected chi connectivity index (χ1v) is 6.82. The number of esters is 2. The van der Waals surface area contributed by atoms with Crippen LogP contribution in [0, 0.1) is 0 Å². The summed E-state index contributed by atoms with van der Waals surface area (Å²) in [5, 5.41) is 4.48. The minimum absolute atomic E-state index is 0.00574. The molecule has 2 heterocycles. The first kappa shape index (κ1) is 13.5. The van der Waals surface area contributed by atoms with Crippen molar-refractivity contribution in [3.8, 4) is 0 Å². The standard InChI is InChI=1S/C13H13NO4S/c1-3-17-12(15)9-5-8-6-19-7-10(8)14-11(9)13(16)18-4-2/h5-7H,3-4H2,1-2H3. The summed E-state index contributed by atoms with van der Waals surface area (Å²) >= 11 is 1.45. The summed E-state index contributed by atoms with van der Waals surface area (Å²) in [4.78, 5) is 27.9. The van der Waals surface area contributed by atoms with Crippen LogP contribution >= 0.6 is 11.3 Å². The molecule has 0 amide bonds. The van der Waals surface area contributed by atoms with E-state index in [4.69, 9.17) is 9.47 Å². The largest absolute Gasteiger partial charge is 0.462 e. The molecule has 0 radical (unpaired) electrons. The average molecular weight is 279 g/mol. The molecular formula is C13H13NO4S. The number of thiophene rings is 1. The number of ether oxygens (including phenoxy) is 2. The van der Waals surface area contributed by atoms with Crippen LogP contribution in [0.15, 0.2) is 16.8 Å². The summed E-state index contributed by atoms with van der Waals surface area (Å²) in [5.41, 5.74) is 0.818. The van der Waals surface area contributed by atoms with E-state index in [2.05, 4.69) is 4.98 Å². The van der Waals surface area contributed by atoms with Crippen LogP contribution in [0.5, 0.6) is 0 Å². The van der Waals surface area contributed by atoms with Gasteiger partial charge in [0.2, 0.25) is 0 Å². The van der Waals surface area contributed by atoms with Gasteiger partial charge in [0.15, 0.2) is 5.69 Å². The predicted molar refractivity (Wildman–Crippen MR) is 71.5 cm³/mol. The Bertz CT molecular complexity index is 568. The van der Waals surface area contributed by atoms with Gasteiger partial charge in [0.1, 0.15) is 0 Å². The zero-order valence-corrected chi connectivity index (χ0v) is 11.5. The SMILES string of the molecule is CCOC(=O)c1cc2cscc2nc1C(=O)OCC. The molecule has 0 saturated carbocycles. The van der Waals surface area contributed by atoms with E-state index >= 15 is 0 Å². The predicted octanol–water partition coefficient (Wildman–Crippen LogP) is 2.65. The molecular weight excluding hydrogens is 266 g/mol. The Morgan fingerprint density at radius 1 is 1.16 bits per heavy atom. The number of aromatic nitrogens is 1. The number of rotatable bonds is 4. The maximum Gasteiger partial charge on any atom is 0.357 e. The van der Waals surface area contributed by atoms with Crippen molar-refractivity contribution in [2.24, 2.45) is 0 Å². The molecule has 0 saturated heterocycles. The van der Waals surface area contributed by atoms with Crippen molar-refractivity contribution in [3.63, 3.8) is 0 Å². The number of fused-ring (bicyclic) bond motifs is 1. The third-order valence-electron chi connectivity index (χ3n) is 2.42. The monoisotopic (exact) mass is 279 g/mol. The van der Waals surface area contributed by atoms with Gasteiger partial charge >= 0.3 is 11.9 Å². The normalized spacial score (nSPS) is 10.4. The van der Waals surface area contributed by atoms with Crippen LogP contribution in [-0.2, 0) is 9.47 Å². The number of carbonyl (C=O) groups excluding carboxylic acids is 2. The third-order valence-corrected chi connectivity index (χ3v) is 3.17. The van der Waals surface area contributed by atoms with Gasteiger partial charge in [-0.1, -0.05) is 0 Å². The highest BCUT2D eigenvalue weighted by atomic mass is 32.1. The van der Waals surface area contributed by atoms with E-state index in [-0.39, 0.29) is 24.5 Å². The van der Waals surface area contributed by atoms with Crippen molar-refractivity contribution in [2.75, 3.05) is 13.2 Å². The number of pyridine rings is 1. The Morgan fingerprint density at radius 3 is 2.53 bits per heavy atom. The molecule has 5 nitrogen and oxygen atoms in total. The summed E-state index contributed by atoms with van der Waals surface area (Å²) in [6, 6.07) is 1.61. The van der Waals surface area contributed by atoms with Gasteiger partial charge in [-0.25, -0.2) is 14.6 Å². The van der Waals surface area contributed by atoms with Gasteiger partial charge in [-0.15, -0.1) is 11.3 Å². The fraction of sp³-hybridized carbons (Fsp3) is 0.308. The van der Waals surface area contributed by atoms with Crippen LogP contribution in [0.2, 0.25) is 0 Å². The van der Waals surface area contributed by atoms with Gasteiger partial charge in [-0.3, -0.25) is 0 Å². The summed E-state index contributed by atoms with van der Waals surface area (Å²) in [7, 11) is 0. The Labute approximate surface area is 114 Å². The van der Waals surface area contributed by atoms with E-state index < -0.39 is 11.9 Å². The van der Waals surface area contributed by atoms with Crippen molar-refractivity contribution >= 4 is 34.2 Å². The smallest absolute Gasteiger partial charge is 0.357 e. The maximum atomic E-state index is 11.9. The molecule has 19 heavy (non-hydrogen) atoms. The van der Waals surface area contributed by atoms with Gasteiger partial charge in [0.05, 0.1) is 24.3 Å². The Kier molecular flexibility index (Phi) is 4.11. The Balaban J connectivity index is 2.53. The average Bonchev–Trinajstić information content (AvgIpc) is 2.85. The molecule has 0 bridgehead atoms. The molecule has 2 rings (SSSR count). The summed E-state index contributed by atoms with van der Waals surface area (Å²) in [6.45, 7) is 3.87. The van der Waals surface area contributed by atoms with E-state index in [1.165, 1.54) is 11.3 Å². The molecule has 0 fully saturated rings. The Hall–Kier alpha value is -1.95. The zero-order chi connectivity index (χ0) is 13.8. The zero-order valence-electron chi connectivity index (χ0n) is 10.6. The van der Waals surface area contributed by atoms with Gasteiger partial charge in [0.25, 0.3) is 0 Å². The topological polar surface area (TPSA) is 65.5 Å². The van der Waals surface area contributed by atoms with E-state index in [1.54, 1.807) is 19.9 Å². The van der Waals surface area contributed by atoms with E-state index in [9.17, 15) is 9.59 Å². The lowest BCUT2D eigenvalue weighted by atomic mass is 10.1. The van der Waals surface area contributed by atoms with Crippen LogP contribution in [-0.4, -0.2) is 30.1 Å². The quantitative estimate of drug-likeness (QED) is 0.805. The highest BCUT2D eigenvalue weighted by Crippen LogP contribution is 2.22. The fourth-order valence-electron chi connectivity index (χ4n) is 1.62. The minimum Gasteiger partial charge on any atom is -0.462 e. The molecule has 0 atom stereocenters. The second-order valence-corrected chi connectivity index (χ2v) is 4.42. The molecule has 0 N–H and O–H groups in total. The summed E-state index contributed by atoms with van der Waals surface area (Å²) in [5.74, 6) is -1.18. The van der Waals surface area contributed by atoms with Crippen molar-refractivity contribution in [3.05, 3.63) is 28.1 Å². The lowest BCUT2D eigenvalue weighted by Crippen LogP contribution is -2.16. The molecule has 100 valence electrons. The highest BCUT2D eigenvalue weighted by Gasteiger charge is 2.22. The summed E-state index contributed by atoms with van der Waals surface area (Å²) in [6.07, 6.45) is 0. The van der Waals surface area contributed by atoms with Gasteiger partial charge < -0.3 is 9.47 Å². The molecule has 0 aliphatic heterocycles. The third kappa shape index (κ3) is 2.73. The van der Waals surface area contributed by atoms with Crippen LogP contribution in [0.25, 0.3) is 10.9 Å². The molecule has 2 aromatic rings. The molecule has 0 aromatic carbocycles. The van der Waals surface area contributed by atoms with Crippen LogP contribution in [0.4, 0.5) is 0 Å². The van der Waals surface area contributed by atoms with E-state index in [0.717, 1.165) is 5.39 Å². The van der Waals surface area contributed by atoms with Crippen molar-refractivity contribution < 1.29 is 19.1 Å². The Morgan fingerprint density at radius 2 is 1.84 bits per heavy atom. The molecule has 2 aromatic heterocycles. The van der Waals surface area contributed by atoms with Gasteiger partial charge in [0, 0.05) is 16.1 Å². The number of hydrogen-bond acceptors (Lipinski definition) is 6. The van der Waals surface area contributed by atoms with E-state index in [0.29, 0.717) is 5.52 Å². The second kappa shape index (κ2) is 5.79. The first-order valence-electron chi connectivity index (χ1n) is 5.88. The summed E-state index contributed by atoms with van der Waals surface area (Å²) < 4.78 is 9.86. The van der Waals surface area contributed by atoms with Crippen LogP contribution in [0.1, 0.15) is 34.7 Å².